The lowest BCUT2D eigenvalue weighted by molar-refractivity contribution is -0.119. The fraction of sp³-hybridized carbons (Fsp3) is 0.250. The van der Waals surface area contributed by atoms with E-state index in [0.717, 1.165) is 34.6 Å². The van der Waals surface area contributed by atoms with E-state index in [1.165, 1.54) is 39.9 Å². The third kappa shape index (κ3) is 4.44. The van der Waals surface area contributed by atoms with E-state index in [-0.39, 0.29) is 4.90 Å². The van der Waals surface area contributed by atoms with Crippen LogP contribution in [0.4, 0.5) is 5.69 Å². The molecule has 3 heterocycles. The lowest BCUT2D eigenvalue weighted by Crippen LogP contribution is -2.27. The van der Waals surface area contributed by atoms with E-state index >= 15 is 0 Å². The van der Waals surface area contributed by atoms with Crippen LogP contribution >= 0.6 is 11.3 Å². The summed E-state index contributed by atoms with van der Waals surface area (Å²) in [5, 5.41) is 2.62. The van der Waals surface area contributed by atoms with Crippen molar-refractivity contribution in [2.24, 2.45) is 0 Å². The average Bonchev–Trinajstić information content (AvgIpc) is 3.54. The molecular weight excluding hydrogens is 476 g/mol. The lowest BCUT2D eigenvalue weighted by atomic mass is 10.1. The van der Waals surface area contributed by atoms with Gasteiger partial charge in [-0.1, -0.05) is 12.1 Å². The van der Waals surface area contributed by atoms with Gasteiger partial charge in [-0.2, -0.15) is 4.31 Å². The number of nitrogens with one attached hydrogen (secondary N) is 1. The van der Waals surface area contributed by atoms with Crippen LogP contribution in [0.25, 0.3) is 10.4 Å². The zero-order chi connectivity index (χ0) is 23.7. The first-order valence-electron chi connectivity index (χ1n) is 10.8. The smallest absolute Gasteiger partial charge is 0.348 e. The molecule has 5 rings (SSSR count). The molecule has 10 heteroatoms. The van der Waals surface area contributed by atoms with Crippen molar-refractivity contribution in [1.82, 2.24) is 4.31 Å². The van der Waals surface area contributed by atoms with Crippen molar-refractivity contribution in [3.8, 4) is 16.2 Å². The van der Waals surface area contributed by atoms with Crippen LogP contribution in [-0.2, 0) is 26.2 Å². The quantitative estimate of drug-likeness (QED) is 0.518. The number of esters is 1. The van der Waals surface area contributed by atoms with E-state index in [9.17, 15) is 18.0 Å². The molecule has 34 heavy (non-hydrogen) atoms. The third-order valence-electron chi connectivity index (χ3n) is 5.70. The molecule has 1 saturated heterocycles. The topological polar surface area (TPSA) is 102 Å². The number of benzene rings is 2. The Labute approximate surface area is 201 Å². The van der Waals surface area contributed by atoms with Gasteiger partial charge < -0.3 is 14.8 Å². The minimum atomic E-state index is -3.51. The summed E-state index contributed by atoms with van der Waals surface area (Å²) in [5.41, 5.74) is 2.26. The number of nitrogens with zero attached hydrogens (tertiary/aromatic N) is 1. The van der Waals surface area contributed by atoms with Gasteiger partial charge in [0.25, 0.3) is 5.91 Å². The SMILES string of the molecule is O=C(COC(=O)c1cc2c(s1)-c1ccccc1OC2)Nc1ccc(S(=O)(=O)N2CCCC2)cc1. The molecule has 1 aromatic heterocycles. The van der Waals surface area contributed by atoms with E-state index in [2.05, 4.69) is 5.32 Å². The molecule has 0 radical (unpaired) electrons. The third-order valence-corrected chi connectivity index (χ3v) is 8.80. The zero-order valence-corrected chi connectivity index (χ0v) is 19.8. The van der Waals surface area contributed by atoms with Crippen molar-refractivity contribution in [2.45, 2.75) is 24.3 Å². The highest BCUT2D eigenvalue weighted by Gasteiger charge is 2.27. The summed E-state index contributed by atoms with van der Waals surface area (Å²) >= 11 is 1.31. The standard InChI is InChI=1S/C24H22N2O6S2/c27-22(25-17-7-9-18(10-8-17)34(29,30)26-11-3-4-12-26)15-32-24(28)21-13-16-14-31-20-6-2-1-5-19(20)23(16)33-21/h1-2,5-10,13H,3-4,11-12,14-15H2,(H,25,27). The van der Waals surface area contributed by atoms with Gasteiger partial charge in [-0.15, -0.1) is 11.3 Å². The Kier molecular flexibility index (Phi) is 6.11. The average molecular weight is 499 g/mol. The maximum absolute atomic E-state index is 12.6. The molecule has 0 saturated carbocycles. The van der Waals surface area contributed by atoms with Gasteiger partial charge >= 0.3 is 5.97 Å². The second kappa shape index (κ2) is 9.21. The molecule has 8 nitrogen and oxygen atoms in total. The highest BCUT2D eigenvalue weighted by Crippen LogP contribution is 2.42. The Morgan fingerprint density at radius 1 is 1.06 bits per heavy atom. The normalized spacial score (nSPS) is 15.2. The Balaban J connectivity index is 1.18. The van der Waals surface area contributed by atoms with E-state index in [1.54, 1.807) is 6.07 Å². The summed E-state index contributed by atoms with van der Waals surface area (Å²) in [6.07, 6.45) is 1.72. The summed E-state index contributed by atoms with van der Waals surface area (Å²) in [4.78, 5) is 26.3. The maximum Gasteiger partial charge on any atom is 0.348 e. The number of ether oxygens (including phenoxy) is 2. The number of fused-ring (bicyclic) bond motifs is 3. The second-order valence-corrected chi connectivity index (χ2v) is 11.0. The fourth-order valence-electron chi connectivity index (χ4n) is 3.99. The molecule has 1 fully saturated rings. The molecule has 0 atom stereocenters. The number of amides is 1. The van der Waals surface area contributed by atoms with Gasteiger partial charge in [0, 0.05) is 34.8 Å². The molecule has 176 valence electrons. The number of carbonyl (C=O) groups is 2. The number of thiophene rings is 1. The highest BCUT2D eigenvalue weighted by atomic mass is 32.2. The van der Waals surface area contributed by atoms with E-state index < -0.39 is 28.5 Å². The van der Waals surface area contributed by atoms with Gasteiger partial charge in [0.1, 0.15) is 17.2 Å². The Bertz CT molecular complexity index is 1340. The summed E-state index contributed by atoms with van der Waals surface area (Å²) in [7, 11) is -3.51. The van der Waals surface area contributed by atoms with Crippen LogP contribution in [0.2, 0.25) is 0 Å². The fourth-order valence-corrected chi connectivity index (χ4v) is 6.60. The highest BCUT2D eigenvalue weighted by molar-refractivity contribution is 7.89. The molecule has 2 aliphatic heterocycles. The monoisotopic (exact) mass is 498 g/mol. The van der Waals surface area contributed by atoms with Crippen molar-refractivity contribution in [2.75, 3.05) is 25.0 Å². The first-order valence-corrected chi connectivity index (χ1v) is 13.1. The number of carbonyl (C=O) groups excluding carboxylic acids is 2. The van der Waals surface area contributed by atoms with Crippen molar-refractivity contribution in [1.29, 1.82) is 0 Å². The molecule has 2 aromatic carbocycles. The number of anilines is 1. The molecule has 1 amide bonds. The van der Waals surface area contributed by atoms with Crippen molar-refractivity contribution in [3.63, 3.8) is 0 Å². The van der Waals surface area contributed by atoms with Crippen LogP contribution in [0.5, 0.6) is 5.75 Å². The number of hydrogen-bond acceptors (Lipinski definition) is 7. The number of sulfonamides is 1. The van der Waals surface area contributed by atoms with Crippen LogP contribution in [0.3, 0.4) is 0 Å². The summed E-state index contributed by atoms with van der Waals surface area (Å²) in [6.45, 7) is 0.973. The van der Waals surface area contributed by atoms with E-state index in [4.69, 9.17) is 9.47 Å². The zero-order valence-electron chi connectivity index (χ0n) is 18.2. The Morgan fingerprint density at radius 2 is 1.79 bits per heavy atom. The van der Waals surface area contributed by atoms with E-state index in [0.29, 0.717) is 30.3 Å². The number of hydrogen-bond donors (Lipinski definition) is 1. The predicted molar refractivity (Wildman–Crippen MR) is 127 cm³/mol. The van der Waals surface area contributed by atoms with Gasteiger partial charge in [0.2, 0.25) is 10.0 Å². The predicted octanol–water partition coefficient (Wildman–Crippen LogP) is 3.89. The van der Waals surface area contributed by atoms with Crippen LogP contribution in [0.1, 0.15) is 28.1 Å². The van der Waals surface area contributed by atoms with Crippen LogP contribution in [0, 0.1) is 0 Å². The van der Waals surface area contributed by atoms with Crippen LogP contribution < -0.4 is 10.1 Å². The maximum atomic E-state index is 12.6. The minimum Gasteiger partial charge on any atom is -0.488 e. The molecule has 0 bridgehead atoms. The van der Waals surface area contributed by atoms with Gasteiger partial charge in [-0.05, 0) is 55.3 Å². The summed E-state index contributed by atoms with van der Waals surface area (Å²) in [6, 6.07) is 15.3. The largest absolute Gasteiger partial charge is 0.488 e. The van der Waals surface area contributed by atoms with Crippen LogP contribution in [0.15, 0.2) is 59.5 Å². The first kappa shape index (κ1) is 22.6. The number of para-hydroxylation sites is 1. The molecule has 0 aliphatic carbocycles. The van der Waals surface area contributed by atoms with Crippen LogP contribution in [-0.4, -0.2) is 44.3 Å². The lowest BCUT2D eigenvalue weighted by Gasteiger charge is -2.16. The molecule has 0 unspecified atom stereocenters. The van der Waals surface area contributed by atoms with Gasteiger partial charge in [0.05, 0.1) is 4.90 Å². The molecule has 3 aromatic rings. The van der Waals surface area contributed by atoms with Crippen molar-refractivity contribution >= 4 is 38.9 Å². The second-order valence-electron chi connectivity index (χ2n) is 8.01. The van der Waals surface area contributed by atoms with Gasteiger partial charge in [0.15, 0.2) is 6.61 Å². The van der Waals surface area contributed by atoms with Crippen molar-refractivity contribution in [3.05, 3.63) is 65.0 Å². The van der Waals surface area contributed by atoms with Crippen molar-refractivity contribution < 1.29 is 27.5 Å². The van der Waals surface area contributed by atoms with Gasteiger partial charge in [-0.3, -0.25) is 4.79 Å². The minimum absolute atomic E-state index is 0.186. The Hall–Kier alpha value is -3.21. The molecule has 1 N–H and O–H groups in total. The first-order chi connectivity index (χ1) is 16.4. The van der Waals surface area contributed by atoms with Gasteiger partial charge in [-0.25, -0.2) is 13.2 Å². The summed E-state index contributed by atoms with van der Waals surface area (Å²) in [5.74, 6) is -0.326. The molecular formula is C24H22N2O6S2. The summed E-state index contributed by atoms with van der Waals surface area (Å²) < 4.78 is 37.6. The number of rotatable bonds is 6. The van der Waals surface area contributed by atoms with E-state index in [1.807, 2.05) is 24.3 Å². The Morgan fingerprint density at radius 3 is 2.56 bits per heavy atom. The molecule has 0 spiro atoms. The molecule has 2 aliphatic rings.